The molecule has 0 aromatic heterocycles. The molecular formula is C20H24N2O4S. The first-order valence-electron chi connectivity index (χ1n) is 8.81. The number of sulfonamides is 1. The number of amides is 1. The lowest BCUT2D eigenvalue weighted by Crippen LogP contribution is -2.27. The summed E-state index contributed by atoms with van der Waals surface area (Å²) in [5.74, 6) is 0.547. The summed E-state index contributed by atoms with van der Waals surface area (Å²) in [4.78, 5) is 14.5. The van der Waals surface area contributed by atoms with Crippen molar-refractivity contribution in [2.45, 2.75) is 37.2 Å². The zero-order valence-electron chi connectivity index (χ0n) is 15.7. The zero-order valence-corrected chi connectivity index (χ0v) is 16.5. The Bertz CT molecular complexity index is 935. The largest absolute Gasteiger partial charge is 0.496 e. The molecule has 0 bridgehead atoms. The third kappa shape index (κ3) is 4.67. The van der Waals surface area contributed by atoms with E-state index in [0.29, 0.717) is 12.1 Å². The first kappa shape index (κ1) is 19.4. The maximum Gasteiger partial charge on any atom is 0.253 e. The Morgan fingerprint density at radius 3 is 2.44 bits per heavy atom. The lowest BCUT2D eigenvalue weighted by Gasteiger charge is -2.19. The van der Waals surface area contributed by atoms with Gasteiger partial charge in [0.05, 0.1) is 12.0 Å². The molecule has 0 unspecified atom stereocenters. The first-order valence-corrected chi connectivity index (χ1v) is 10.3. The van der Waals surface area contributed by atoms with Crippen LogP contribution in [0.5, 0.6) is 5.75 Å². The molecule has 1 aliphatic rings. The van der Waals surface area contributed by atoms with Gasteiger partial charge in [0.15, 0.2) is 0 Å². The molecule has 6 nitrogen and oxygen atoms in total. The van der Waals surface area contributed by atoms with Crippen molar-refractivity contribution in [3.63, 3.8) is 0 Å². The van der Waals surface area contributed by atoms with E-state index in [-0.39, 0.29) is 16.8 Å². The molecule has 1 amide bonds. The fourth-order valence-electron chi connectivity index (χ4n) is 2.84. The summed E-state index contributed by atoms with van der Waals surface area (Å²) in [5.41, 5.74) is 2.44. The fraction of sp³-hybridized carbons (Fsp3) is 0.350. The molecule has 0 spiro atoms. The first-order chi connectivity index (χ1) is 12.8. The molecule has 7 heteroatoms. The summed E-state index contributed by atoms with van der Waals surface area (Å²) >= 11 is 0. The fourth-order valence-corrected chi connectivity index (χ4v) is 4.15. The zero-order chi connectivity index (χ0) is 19.6. The minimum absolute atomic E-state index is 0.0479. The van der Waals surface area contributed by atoms with Gasteiger partial charge in [0.2, 0.25) is 10.0 Å². The molecule has 2 aromatic rings. The number of methoxy groups -OCH3 is 1. The number of benzene rings is 2. The Hall–Kier alpha value is -2.38. The van der Waals surface area contributed by atoms with Crippen molar-refractivity contribution in [2.75, 3.05) is 14.2 Å². The molecular weight excluding hydrogens is 364 g/mol. The number of aryl methyl sites for hydroxylation is 1. The van der Waals surface area contributed by atoms with Crippen molar-refractivity contribution in [1.82, 2.24) is 9.62 Å². The topological polar surface area (TPSA) is 75.7 Å². The van der Waals surface area contributed by atoms with Crippen molar-refractivity contribution in [3.05, 3.63) is 59.2 Å². The van der Waals surface area contributed by atoms with Crippen LogP contribution < -0.4 is 9.46 Å². The Balaban J connectivity index is 1.72. The van der Waals surface area contributed by atoms with E-state index in [4.69, 9.17) is 4.74 Å². The predicted octanol–water partition coefficient (Wildman–Crippen LogP) is 2.72. The van der Waals surface area contributed by atoms with Crippen molar-refractivity contribution in [2.24, 2.45) is 0 Å². The summed E-state index contributed by atoms with van der Waals surface area (Å²) in [5, 5.41) is 0. The van der Waals surface area contributed by atoms with Crippen LogP contribution >= 0.6 is 0 Å². The van der Waals surface area contributed by atoms with Gasteiger partial charge in [-0.2, -0.15) is 0 Å². The Morgan fingerprint density at radius 2 is 1.85 bits per heavy atom. The molecule has 1 N–H and O–H groups in total. The van der Waals surface area contributed by atoms with E-state index in [9.17, 15) is 13.2 Å². The highest BCUT2D eigenvalue weighted by molar-refractivity contribution is 7.89. The number of carbonyl (C=O) groups excluding carboxylic acids is 1. The highest BCUT2D eigenvalue weighted by Crippen LogP contribution is 2.23. The Labute approximate surface area is 160 Å². The van der Waals surface area contributed by atoms with Gasteiger partial charge in [-0.25, -0.2) is 13.1 Å². The second-order valence-electron chi connectivity index (χ2n) is 6.90. The standard InChI is InChI=1S/C20H24N2O4S/c1-14-4-11-19(26-3)16(12-14)13-22(2)20(23)15-5-9-18(10-6-15)27(24,25)21-17-7-8-17/h4-6,9-12,17,21H,7-8,13H2,1-3H3. The van der Waals surface area contributed by atoms with Crippen LogP contribution in [0.3, 0.4) is 0 Å². The highest BCUT2D eigenvalue weighted by Gasteiger charge is 2.28. The van der Waals surface area contributed by atoms with Gasteiger partial charge in [-0.3, -0.25) is 4.79 Å². The van der Waals surface area contributed by atoms with Crippen LogP contribution in [0.25, 0.3) is 0 Å². The minimum atomic E-state index is -3.51. The summed E-state index contributed by atoms with van der Waals surface area (Å²) in [6, 6.07) is 11.9. The van der Waals surface area contributed by atoms with E-state index in [0.717, 1.165) is 29.7 Å². The van der Waals surface area contributed by atoms with Crippen LogP contribution in [0.2, 0.25) is 0 Å². The van der Waals surface area contributed by atoms with Crippen LogP contribution in [0.1, 0.15) is 34.3 Å². The Morgan fingerprint density at radius 1 is 1.19 bits per heavy atom. The Kier molecular flexibility index (Phi) is 5.53. The quantitative estimate of drug-likeness (QED) is 0.791. The van der Waals surface area contributed by atoms with Gasteiger partial charge in [-0.1, -0.05) is 17.7 Å². The molecule has 27 heavy (non-hydrogen) atoms. The maximum absolute atomic E-state index is 12.7. The van der Waals surface area contributed by atoms with Crippen LogP contribution in [0.4, 0.5) is 0 Å². The van der Waals surface area contributed by atoms with Crippen LogP contribution in [0, 0.1) is 6.92 Å². The number of ether oxygens (including phenoxy) is 1. The van der Waals surface area contributed by atoms with Gasteiger partial charge in [0.25, 0.3) is 5.91 Å². The summed E-state index contributed by atoms with van der Waals surface area (Å²) in [6.45, 7) is 2.38. The van der Waals surface area contributed by atoms with Crippen molar-refractivity contribution in [3.8, 4) is 5.75 Å². The summed E-state index contributed by atoms with van der Waals surface area (Å²) in [6.07, 6.45) is 1.76. The monoisotopic (exact) mass is 388 g/mol. The van der Waals surface area contributed by atoms with E-state index in [2.05, 4.69) is 4.72 Å². The van der Waals surface area contributed by atoms with E-state index >= 15 is 0 Å². The molecule has 0 atom stereocenters. The van der Waals surface area contributed by atoms with Gasteiger partial charge in [-0.15, -0.1) is 0 Å². The van der Waals surface area contributed by atoms with Gasteiger partial charge in [-0.05, 0) is 50.1 Å². The molecule has 1 fully saturated rings. The van der Waals surface area contributed by atoms with E-state index < -0.39 is 10.0 Å². The normalized spacial score (nSPS) is 14.0. The molecule has 1 aliphatic carbocycles. The van der Waals surface area contributed by atoms with Crippen molar-refractivity contribution >= 4 is 15.9 Å². The van der Waals surface area contributed by atoms with E-state index in [1.54, 1.807) is 31.2 Å². The molecule has 2 aromatic carbocycles. The third-order valence-corrected chi connectivity index (χ3v) is 6.04. The summed E-state index contributed by atoms with van der Waals surface area (Å²) < 4.78 is 32.4. The van der Waals surface area contributed by atoms with Gasteiger partial charge in [0.1, 0.15) is 5.75 Å². The number of hydrogen-bond donors (Lipinski definition) is 1. The number of rotatable bonds is 7. The molecule has 0 heterocycles. The summed E-state index contributed by atoms with van der Waals surface area (Å²) in [7, 11) is -0.200. The molecule has 0 aliphatic heterocycles. The van der Waals surface area contributed by atoms with Gasteiger partial charge < -0.3 is 9.64 Å². The highest BCUT2D eigenvalue weighted by atomic mass is 32.2. The molecule has 0 saturated heterocycles. The molecule has 0 radical (unpaired) electrons. The molecule has 1 saturated carbocycles. The second-order valence-corrected chi connectivity index (χ2v) is 8.61. The molecule has 144 valence electrons. The second kappa shape index (κ2) is 7.70. The molecule has 3 rings (SSSR count). The minimum Gasteiger partial charge on any atom is -0.496 e. The van der Waals surface area contributed by atoms with E-state index in [1.165, 1.54) is 12.1 Å². The lowest BCUT2D eigenvalue weighted by molar-refractivity contribution is 0.0784. The van der Waals surface area contributed by atoms with Crippen molar-refractivity contribution < 1.29 is 17.9 Å². The lowest BCUT2D eigenvalue weighted by atomic mass is 10.1. The van der Waals surface area contributed by atoms with Crippen LogP contribution in [-0.2, 0) is 16.6 Å². The van der Waals surface area contributed by atoms with Gasteiger partial charge >= 0.3 is 0 Å². The maximum atomic E-state index is 12.7. The van der Waals surface area contributed by atoms with Crippen LogP contribution in [0.15, 0.2) is 47.4 Å². The van der Waals surface area contributed by atoms with Crippen LogP contribution in [-0.4, -0.2) is 39.4 Å². The van der Waals surface area contributed by atoms with Gasteiger partial charge in [0, 0.05) is 30.8 Å². The predicted molar refractivity (Wildman–Crippen MR) is 103 cm³/mol. The van der Waals surface area contributed by atoms with Crippen molar-refractivity contribution in [1.29, 1.82) is 0 Å². The SMILES string of the molecule is COc1ccc(C)cc1CN(C)C(=O)c1ccc(S(=O)(=O)NC2CC2)cc1. The smallest absolute Gasteiger partial charge is 0.253 e. The third-order valence-electron chi connectivity index (χ3n) is 4.50. The average Bonchev–Trinajstić information content (AvgIpc) is 3.44. The number of nitrogens with zero attached hydrogens (tertiary/aromatic N) is 1. The van der Waals surface area contributed by atoms with E-state index in [1.807, 2.05) is 25.1 Å². The average molecular weight is 388 g/mol. The number of carbonyl (C=O) groups is 1. The number of nitrogens with one attached hydrogen (secondary N) is 1. The number of hydrogen-bond acceptors (Lipinski definition) is 4.